The first kappa shape index (κ1) is 107. The van der Waals surface area contributed by atoms with Crippen molar-refractivity contribution < 1.29 is 0 Å². The van der Waals surface area contributed by atoms with Crippen LogP contribution >= 0.6 is 22.2 Å². The van der Waals surface area contributed by atoms with Gasteiger partial charge in [-0.3, -0.25) is 0 Å². The predicted molar refractivity (Wildman–Crippen MR) is 418 cm³/mol. The maximum absolute atomic E-state index is 6.14. The van der Waals surface area contributed by atoms with E-state index in [1.807, 2.05) is 0 Å². The summed E-state index contributed by atoms with van der Waals surface area (Å²) in [7, 11) is 2.85. The van der Waals surface area contributed by atoms with E-state index in [0.717, 1.165) is 0 Å². The Labute approximate surface area is 596 Å². The molecule has 0 N–H and O–H groups in total. The predicted octanol–water partition coefficient (Wildman–Crippen LogP) is 29.5. The second kappa shape index (κ2) is 124. The van der Waals surface area contributed by atoms with Crippen LogP contribution in [0.4, 0.5) is 0 Å². The number of rotatable bonds is 54. The molecular weight excluding hydrogens is 1550 g/mol. The molecule has 0 aromatic carbocycles. The average Bonchev–Trinajstić information content (AvgIpc) is 3.50. The van der Waals surface area contributed by atoms with Crippen molar-refractivity contribution in [3.63, 3.8) is 0 Å². The first-order valence-electron chi connectivity index (χ1n) is 37.5. The van der Waals surface area contributed by atoms with Gasteiger partial charge < -0.3 is 0 Å². The summed E-state index contributed by atoms with van der Waals surface area (Å²) in [6.45, 7) is 40.8. The van der Waals surface area contributed by atoms with Crippen LogP contribution in [0.5, 0.6) is 0 Å². The Morgan fingerprint density at radius 2 is 0.313 bits per heavy atom. The molecule has 0 aliphatic carbocycles. The molecule has 0 aromatic heterocycles. The minimum absolute atomic E-state index is 0.149. The SMILES string of the molecule is CCCC[Si](Cl)CCCC.CCCC[Si](Cl)CCCC.CCCC[Si]CCCC.CCCC[Si]CCCC.CCCC[Si]CCCC.CCC[CH2][Sn][CH2]CCC.CCC[CH2][Sn][CH2]CCC.CCC[CH2][Sn][CH2]CCC.CCC[CH2][Sn][CH2]CCC. The number of unbranched alkanes of at least 4 members (excludes halogenated alkanes) is 18. The van der Waals surface area contributed by atoms with Crippen molar-refractivity contribution in [2.75, 3.05) is 0 Å². The van der Waals surface area contributed by atoms with Gasteiger partial charge in [-0.1, -0.05) is 234 Å². The van der Waals surface area contributed by atoms with E-state index >= 15 is 0 Å². The van der Waals surface area contributed by atoms with Crippen LogP contribution in [-0.2, 0) is 0 Å². The molecule has 0 spiro atoms. The molecule has 0 unspecified atom stereocenters. The van der Waals surface area contributed by atoms with Gasteiger partial charge >= 0.3 is 278 Å². The second-order valence-corrected chi connectivity index (χ2v) is 51.5. The number of hydrogen-bond acceptors (Lipinski definition) is 0. The van der Waals surface area contributed by atoms with Crippen molar-refractivity contribution in [1.82, 2.24) is 0 Å². The monoisotopic (exact) mass is 1720 g/mol. The first-order chi connectivity index (χ1) is 40.5. The maximum atomic E-state index is 6.14. The van der Waals surface area contributed by atoms with Crippen molar-refractivity contribution >= 4 is 151 Å². The molecule has 0 aromatic rings. The van der Waals surface area contributed by atoms with Crippen LogP contribution in [0.3, 0.4) is 0 Å². The summed E-state index contributed by atoms with van der Waals surface area (Å²) in [5.41, 5.74) is 0. The van der Waals surface area contributed by atoms with E-state index in [1.165, 1.54) is 320 Å². The van der Waals surface area contributed by atoms with Gasteiger partial charge in [-0.05, 0) is 24.2 Å². The van der Waals surface area contributed by atoms with Gasteiger partial charge in [-0.15, -0.1) is 0 Å². The van der Waals surface area contributed by atoms with E-state index in [4.69, 9.17) is 22.2 Å². The third-order valence-electron chi connectivity index (χ3n) is 13.1. The van der Waals surface area contributed by atoms with Crippen LogP contribution in [0.25, 0.3) is 0 Å². The Kier molecular flexibility index (Phi) is 159. The summed E-state index contributed by atoms with van der Waals surface area (Å²) >= 11 is 12.9. The van der Waals surface area contributed by atoms with E-state index in [0.29, 0.717) is 0 Å². The molecule has 0 rings (SSSR count). The summed E-state index contributed by atoms with van der Waals surface area (Å²) in [6.07, 6.45) is 50.8. The van der Waals surface area contributed by atoms with Crippen LogP contribution in [0.15, 0.2) is 0 Å². The molecule has 0 nitrogen and oxygen atoms in total. The zero-order valence-corrected chi connectivity index (χ0v) is 79.4. The summed E-state index contributed by atoms with van der Waals surface area (Å²) in [4.78, 5) is 0. The van der Waals surface area contributed by atoms with E-state index in [1.54, 1.807) is 35.5 Å². The minimum atomic E-state index is -0.443. The van der Waals surface area contributed by atoms with Crippen molar-refractivity contribution in [3.8, 4) is 0 Å². The van der Waals surface area contributed by atoms with Gasteiger partial charge in [0.2, 0.25) is 0 Å². The molecule has 0 saturated heterocycles. The fourth-order valence-electron chi connectivity index (χ4n) is 6.82. The third kappa shape index (κ3) is 158. The van der Waals surface area contributed by atoms with Crippen LogP contribution in [0, 0.1) is 0 Å². The Morgan fingerprint density at radius 3 is 0.422 bits per heavy atom. The molecule has 11 heteroatoms. The summed E-state index contributed by atoms with van der Waals surface area (Å²) in [5.74, 6) is 0. The van der Waals surface area contributed by atoms with Gasteiger partial charge in [0.25, 0.3) is 0 Å². The molecule has 0 fully saturated rings. The molecule has 500 valence electrons. The van der Waals surface area contributed by atoms with Crippen molar-refractivity contribution in [1.29, 1.82) is 0 Å². The molecule has 0 amide bonds. The number of halogens is 2. The molecule has 0 aliphatic heterocycles. The Balaban J connectivity index is -0.000000106. The molecule has 0 saturated carbocycles. The normalized spacial score (nSPS) is 10.2. The van der Waals surface area contributed by atoms with E-state index in [9.17, 15) is 0 Å². The molecule has 83 heavy (non-hydrogen) atoms. The third-order valence-corrected chi connectivity index (χ3v) is 39.3. The van der Waals surface area contributed by atoms with Crippen LogP contribution in [0.2, 0.25) is 95.9 Å². The van der Waals surface area contributed by atoms with Gasteiger partial charge in [-0.25, -0.2) is 0 Å². The summed E-state index contributed by atoms with van der Waals surface area (Å²) in [5, 5.41) is 0. The van der Waals surface area contributed by atoms with Gasteiger partial charge in [0.15, 0.2) is 16.2 Å². The summed E-state index contributed by atoms with van der Waals surface area (Å²) < 4.78 is 13.0. The van der Waals surface area contributed by atoms with Gasteiger partial charge in [0.05, 0.1) is 0 Å². The van der Waals surface area contributed by atoms with Crippen LogP contribution < -0.4 is 0 Å². The molecular formula is C72H162Cl2Si5Sn4. The van der Waals surface area contributed by atoms with Gasteiger partial charge in [0, 0.05) is 28.6 Å². The summed E-state index contributed by atoms with van der Waals surface area (Å²) in [6, 6.07) is 14.1. The zero-order valence-electron chi connectivity index (χ0n) is 61.4. The Bertz CT molecular complexity index is 663. The molecule has 0 atom stereocenters. The first-order valence-corrected chi connectivity index (χ1v) is 63.7. The van der Waals surface area contributed by atoms with Crippen LogP contribution in [-0.4, -0.2) is 129 Å². The van der Waals surface area contributed by atoms with Crippen molar-refractivity contribution in [2.45, 2.75) is 452 Å². The molecule has 0 aliphatic rings. The quantitative estimate of drug-likeness (QED) is 0.0323. The van der Waals surface area contributed by atoms with Crippen LogP contribution in [0.1, 0.15) is 356 Å². The standard InChI is InChI=1S/2C8H18ClSi.3C8H18Si.8C4H9.4Sn/c2*1-3-5-7-10(9)8-6-4-2;3*1-3-5-7-9-8-6-4-2;8*1-3-4-2;;;;/h2*3-8H2,1-2H3;3*3-8H2,1-2H3;8*1,3-4H2,2H3;;;;. The Morgan fingerprint density at radius 1 is 0.193 bits per heavy atom. The van der Waals surface area contributed by atoms with E-state index in [-0.39, 0.29) is 84.6 Å². The zero-order chi connectivity index (χ0) is 64.3. The second-order valence-electron chi connectivity index (χ2n) is 22.6. The fourth-order valence-corrected chi connectivity index (χ4v) is 32.9. The van der Waals surface area contributed by atoms with Crippen molar-refractivity contribution in [2.24, 2.45) is 0 Å². The van der Waals surface area contributed by atoms with Gasteiger partial charge in [-0.2, -0.15) is 22.2 Å². The molecule has 0 bridgehead atoms. The van der Waals surface area contributed by atoms with Gasteiger partial charge in [0.1, 0.15) is 0 Å². The topological polar surface area (TPSA) is 0 Å². The number of hydrogen-bond donors (Lipinski definition) is 0. The molecule has 0 heterocycles. The fraction of sp³-hybridized carbons (Fsp3) is 1.00. The average molecular weight is 1710 g/mol. The molecule has 16 radical (unpaired) electrons. The van der Waals surface area contributed by atoms with Crippen molar-refractivity contribution in [3.05, 3.63) is 0 Å². The Hall–Kier alpha value is 4.86. The van der Waals surface area contributed by atoms with E-state index in [2.05, 4.69) is 125 Å². The van der Waals surface area contributed by atoms with E-state index < -0.39 is 16.2 Å².